The third kappa shape index (κ3) is 6.59. The zero-order chi connectivity index (χ0) is 14.8. The van der Waals surface area contributed by atoms with E-state index >= 15 is 0 Å². The molecule has 21 heavy (non-hydrogen) atoms. The van der Waals surface area contributed by atoms with E-state index in [1.165, 1.54) is 0 Å². The van der Waals surface area contributed by atoms with Crippen LogP contribution in [0, 0.1) is 13.1 Å². The summed E-state index contributed by atoms with van der Waals surface area (Å²) in [6, 6.07) is 14.0. The maximum absolute atomic E-state index is 6.66. The molecule has 2 aromatic rings. The molecule has 2 aromatic carbocycles. The fraction of sp³-hybridized carbons (Fsp3) is 0.125. The maximum atomic E-state index is 6.66. The van der Waals surface area contributed by atoms with E-state index in [0.29, 0.717) is 11.4 Å². The quantitative estimate of drug-likeness (QED) is 0.574. The number of rotatable bonds is 2. The van der Waals surface area contributed by atoms with Gasteiger partial charge in [-0.15, -0.1) is 0 Å². The minimum absolute atomic E-state index is 0. The van der Waals surface area contributed by atoms with Gasteiger partial charge in [0, 0.05) is 20.4 Å². The van der Waals surface area contributed by atoms with Crippen LogP contribution in [-0.4, -0.2) is 14.2 Å². The van der Waals surface area contributed by atoms with Crippen LogP contribution in [0.1, 0.15) is 0 Å². The molecule has 0 bridgehead atoms. The number of methoxy groups -OCH3 is 2. The molecule has 0 amide bonds. The van der Waals surface area contributed by atoms with E-state index in [4.69, 9.17) is 22.6 Å². The molecule has 0 radical (unpaired) electrons. The van der Waals surface area contributed by atoms with Crippen LogP contribution in [0.15, 0.2) is 48.5 Å². The van der Waals surface area contributed by atoms with Gasteiger partial charge < -0.3 is 9.47 Å². The molecule has 0 unspecified atom stereocenters. The monoisotopic (exact) mass is 372 g/mol. The number of ether oxygens (including phenoxy) is 2. The zero-order valence-electron chi connectivity index (χ0n) is 11.6. The fourth-order valence-electron chi connectivity index (χ4n) is 1.31. The molecule has 0 atom stereocenters. The Balaban J connectivity index is 0.000000364. The maximum Gasteiger partial charge on any atom is 0.187 e. The molecule has 0 aromatic heterocycles. The molecular weight excluding hydrogens is 359 g/mol. The van der Waals surface area contributed by atoms with Crippen LogP contribution < -0.4 is 9.47 Å². The van der Waals surface area contributed by atoms with E-state index in [0.717, 1.165) is 11.5 Å². The van der Waals surface area contributed by atoms with Crippen LogP contribution in [0.3, 0.4) is 0 Å². The van der Waals surface area contributed by atoms with Crippen molar-refractivity contribution in [3.63, 3.8) is 0 Å². The van der Waals surface area contributed by atoms with E-state index in [-0.39, 0.29) is 20.4 Å². The van der Waals surface area contributed by atoms with Crippen molar-refractivity contribution in [2.24, 2.45) is 0 Å². The average molecular weight is 373 g/mol. The first-order chi connectivity index (χ1) is 9.73. The molecule has 5 heteroatoms. The van der Waals surface area contributed by atoms with E-state index in [2.05, 4.69) is 9.69 Å². The Bertz CT molecular complexity index is 553. The smallest absolute Gasteiger partial charge is 0.187 e. The molecule has 0 aliphatic carbocycles. The topological polar surface area (TPSA) is 27.2 Å². The Hall–Kier alpha value is -2.32. The van der Waals surface area contributed by atoms with Gasteiger partial charge in [-0.25, -0.2) is 9.69 Å². The Labute approximate surface area is 138 Å². The van der Waals surface area contributed by atoms with Gasteiger partial charge in [0.1, 0.15) is 11.5 Å². The summed E-state index contributed by atoms with van der Waals surface area (Å²) in [5.74, 6) is 1.57. The van der Waals surface area contributed by atoms with Crippen LogP contribution in [0.4, 0.5) is 11.4 Å². The van der Waals surface area contributed by atoms with Gasteiger partial charge >= 0.3 is 0 Å². The number of nitrogens with zero attached hydrogens (tertiary/aromatic N) is 2. The SMILES string of the molecule is [C-]#[N+]c1ccc(OC)cc1.[C-]#[N+]c1ccc(OC)cc1.[Pd]. The van der Waals surface area contributed by atoms with Crippen LogP contribution in [0.25, 0.3) is 9.69 Å². The minimum atomic E-state index is 0. The van der Waals surface area contributed by atoms with Gasteiger partial charge in [0.15, 0.2) is 11.4 Å². The Morgan fingerprint density at radius 2 is 0.952 bits per heavy atom. The first-order valence-electron chi connectivity index (χ1n) is 5.76. The van der Waals surface area contributed by atoms with Crippen molar-refractivity contribution in [3.8, 4) is 11.5 Å². The normalized spacial score (nSPS) is 8.00. The van der Waals surface area contributed by atoms with Crippen LogP contribution in [0.2, 0.25) is 0 Å². The van der Waals surface area contributed by atoms with Crippen LogP contribution >= 0.6 is 0 Å². The summed E-state index contributed by atoms with van der Waals surface area (Å²) in [4.78, 5) is 6.48. The number of hydrogen-bond donors (Lipinski definition) is 0. The molecule has 0 heterocycles. The standard InChI is InChI=1S/2C8H7NO.Pd/c2*1-9-7-3-5-8(10-2)6-4-7;/h2*3-6H,2H3;. The molecule has 110 valence electrons. The molecule has 0 aliphatic rings. The van der Waals surface area contributed by atoms with Crippen molar-refractivity contribution in [2.75, 3.05) is 14.2 Å². The predicted octanol–water partition coefficient (Wildman–Crippen LogP) is 4.49. The summed E-state index contributed by atoms with van der Waals surface area (Å²) < 4.78 is 9.82. The van der Waals surface area contributed by atoms with E-state index in [1.54, 1.807) is 62.8 Å². The minimum Gasteiger partial charge on any atom is -0.497 e. The molecular formula is C16H14N2O2Pd. The van der Waals surface area contributed by atoms with Crippen molar-refractivity contribution in [1.82, 2.24) is 0 Å². The van der Waals surface area contributed by atoms with Crippen molar-refractivity contribution in [2.45, 2.75) is 0 Å². The molecule has 0 aliphatic heterocycles. The van der Waals surface area contributed by atoms with Gasteiger partial charge in [0.2, 0.25) is 0 Å². The molecule has 0 N–H and O–H groups in total. The van der Waals surface area contributed by atoms with Gasteiger partial charge in [-0.3, -0.25) is 0 Å². The summed E-state index contributed by atoms with van der Waals surface area (Å²) in [6.45, 7) is 13.3. The van der Waals surface area contributed by atoms with E-state index < -0.39 is 0 Å². The second-order valence-corrected chi connectivity index (χ2v) is 3.62. The van der Waals surface area contributed by atoms with Crippen LogP contribution in [0.5, 0.6) is 11.5 Å². The Morgan fingerprint density at radius 1 is 0.667 bits per heavy atom. The van der Waals surface area contributed by atoms with Gasteiger partial charge in [0.25, 0.3) is 0 Å². The van der Waals surface area contributed by atoms with Crippen molar-refractivity contribution < 1.29 is 29.9 Å². The predicted molar refractivity (Wildman–Crippen MR) is 78.5 cm³/mol. The second kappa shape index (κ2) is 10.5. The molecule has 0 saturated heterocycles. The molecule has 0 spiro atoms. The van der Waals surface area contributed by atoms with Gasteiger partial charge in [-0.1, -0.05) is 24.3 Å². The third-order valence-electron chi connectivity index (χ3n) is 2.40. The summed E-state index contributed by atoms with van der Waals surface area (Å²) >= 11 is 0. The molecule has 4 nitrogen and oxygen atoms in total. The van der Waals surface area contributed by atoms with Gasteiger partial charge in [-0.05, 0) is 24.3 Å². The molecule has 0 saturated carbocycles. The fourth-order valence-corrected chi connectivity index (χ4v) is 1.31. The summed E-state index contributed by atoms with van der Waals surface area (Å²) in [7, 11) is 3.21. The Morgan fingerprint density at radius 3 is 1.14 bits per heavy atom. The summed E-state index contributed by atoms with van der Waals surface area (Å²) in [5.41, 5.74) is 1.28. The summed E-state index contributed by atoms with van der Waals surface area (Å²) in [6.07, 6.45) is 0. The molecule has 2 rings (SSSR count). The van der Waals surface area contributed by atoms with Crippen molar-refractivity contribution in [1.29, 1.82) is 0 Å². The third-order valence-corrected chi connectivity index (χ3v) is 2.40. The van der Waals surface area contributed by atoms with Gasteiger partial charge in [-0.2, -0.15) is 0 Å². The van der Waals surface area contributed by atoms with E-state index in [9.17, 15) is 0 Å². The van der Waals surface area contributed by atoms with E-state index in [1.807, 2.05) is 0 Å². The van der Waals surface area contributed by atoms with Crippen molar-refractivity contribution >= 4 is 11.4 Å². The average Bonchev–Trinajstić information content (AvgIpc) is 2.55. The molecule has 0 fully saturated rings. The summed E-state index contributed by atoms with van der Waals surface area (Å²) in [5, 5.41) is 0. The second-order valence-electron chi connectivity index (χ2n) is 3.62. The zero-order valence-corrected chi connectivity index (χ0v) is 13.2. The number of benzene rings is 2. The van der Waals surface area contributed by atoms with Crippen molar-refractivity contribution in [3.05, 3.63) is 71.4 Å². The largest absolute Gasteiger partial charge is 0.497 e. The van der Waals surface area contributed by atoms with Gasteiger partial charge in [0.05, 0.1) is 27.4 Å². The van der Waals surface area contributed by atoms with Crippen LogP contribution in [-0.2, 0) is 20.4 Å². The first-order valence-corrected chi connectivity index (χ1v) is 5.76. The Kier molecular flexibility index (Phi) is 9.31. The first kappa shape index (κ1) is 18.7. The number of hydrogen-bond acceptors (Lipinski definition) is 2.